The number of carboxylic acid groups (broad SMARTS) is 1. The number of hydrogen-bond acceptors (Lipinski definition) is 6. The second kappa shape index (κ2) is 9.60. The third-order valence-corrected chi connectivity index (χ3v) is 8.09. The molecule has 0 amide bonds. The summed E-state index contributed by atoms with van der Waals surface area (Å²) in [5.41, 5.74) is 1.23. The van der Waals surface area contributed by atoms with Crippen molar-refractivity contribution in [2.45, 2.75) is 11.4 Å². The lowest BCUT2D eigenvalue weighted by Gasteiger charge is -2.13. The molecule has 2 aromatic heterocycles. The maximum absolute atomic E-state index is 13.6. The van der Waals surface area contributed by atoms with E-state index in [1.165, 1.54) is 18.3 Å². The molecule has 0 radical (unpaired) electrons. The average Bonchev–Trinajstić information content (AvgIpc) is 3.30. The van der Waals surface area contributed by atoms with E-state index in [4.69, 9.17) is 0 Å². The summed E-state index contributed by atoms with van der Waals surface area (Å²) in [6.07, 6.45) is 1.23. The number of nitrogens with one attached hydrogen (secondary N) is 1. The Balaban J connectivity index is 1.62. The molecule has 37 heavy (non-hydrogen) atoms. The van der Waals surface area contributed by atoms with E-state index in [1.807, 2.05) is 54.6 Å². The number of benzene rings is 3. The van der Waals surface area contributed by atoms with Gasteiger partial charge in [0.25, 0.3) is 10.0 Å². The molecule has 5 aromatic rings. The van der Waals surface area contributed by atoms with Crippen molar-refractivity contribution in [3.8, 4) is 11.1 Å². The quantitative estimate of drug-likeness (QED) is 0.309. The molecule has 0 saturated heterocycles. The number of halogens is 1. The van der Waals surface area contributed by atoms with E-state index in [0.717, 1.165) is 40.2 Å². The maximum atomic E-state index is 13.6. The zero-order valence-electron chi connectivity index (χ0n) is 19.0. The Kier molecular flexibility index (Phi) is 6.32. The van der Waals surface area contributed by atoms with E-state index in [-0.39, 0.29) is 26.9 Å². The number of rotatable bonds is 7. The van der Waals surface area contributed by atoms with Gasteiger partial charge in [0.15, 0.2) is 5.13 Å². The Morgan fingerprint density at radius 2 is 1.76 bits per heavy atom. The molecule has 2 heterocycles. The largest absolute Gasteiger partial charge is 0.477 e. The minimum atomic E-state index is -4.21. The molecule has 0 spiro atoms. The first-order valence-corrected chi connectivity index (χ1v) is 13.2. The topological polar surface area (TPSA) is 118 Å². The molecular weight excluding hydrogens is 517 g/mol. The van der Waals surface area contributed by atoms with Gasteiger partial charge in [0.05, 0.1) is 4.90 Å². The van der Waals surface area contributed by atoms with Crippen molar-refractivity contribution in [2.24, 2.45) is 0 Å². The van der Waals surface area contributed by atoms with Crippen LogP contribution in [0, 0.1) is 5.82 Å². The van der Waals surface area contributed by atoms with Crippen LogP contribution < -0.4 is 10.2 Å². The normalized spacial score (nSPS) is 11.5. The fourth-order valence-corrected chi connectivity index (χ4v) is 6.12. The fraction of sp³-hybridized carbons (Fsp3) is 0.0385. The Bertz CT molecular complexity index is 1820. The van der Waals surface area contributed by atoms with E-state index in [0.29, 0.717) is 0 Å². The Morgan fingerprint density at radius 3 is 2.49 bits per heavy atom. The van der Waals surface area contributed by atoms with Crippen LogP contribution in [0.1, 0.15) is 15.9 Å². The molecule has 186 valence electrons. The molecule has 0 saturated carbocycles. The molecule has 0 fully saturated rings. The molecule has 3 aromatic carbocycles. The van der Waals surface area contributed by atoms with Crippen LogP contribution in [0.15, 0.2) is 94.7 Å². The van der Waals surface area contributed by atoms with Crippen molar-refractivity contribution in [3.63, 3.8) is 0 Å². The second-order valence-electron chi connectivity index (χ2n) is 8.06. The van der Waals surface area contributed by atoms with Gasteiger partial charge in [-0.2, -0.15) is 0 Å². The zero-order valence-corrected chi connectivity index (χ0v) is 20.6. The molecule has 0 aliphatic heterocycles. The summed E-state index contributed by atoms with van der Waals surface area (Å²) in [4.78, 5) is 28.8. The predicted octanol–water partition coefficient (Wildman–Crippen LogP) is 4.81. The average molecular weight is 536 g/mol. The van der Waals surface area contributed by atoms with Gasteiger partial charge in [-0.3, -0.25) is 9.52 Å². The monoisotopic (exact) mass is 535 g/mol. The number of carbonyl (C=O) groups is 1. The summed E-state index contributed by atoms with van der Waals surface area (Å²) in [5.74, 6) is -2.15. The smallest absolute Gasteiger partial charge is 0.341 e. The number of carboxylic acids is 1. The number of aromatic carboxylic acids is 1. The van der Waals surface area contributed by atoms with E-state index in [2.05, 4.69) is 9.71 Å². The summed E-state index contributed by atoms with van der Waals surface area (Å²) < 4.78 is 43.0. The number of sulfonamides is 1. The van der Waals surface area contributed by atoms with Crippen molar-refractivity contribution < 1.29 is 22.7 Å². The van der Waals surface area contributed by atoms with Crippen LogP contribution in [-0.4, -0.2) is 29.0 Å². The lowest BCUT2D eigenvalue weighted by atomic mass is 9.99. The number of aromatic nitrogens is 2. The zero-order chi connectivity index (χ0) is 26.2. The summed E-state index contributed by atoms with van der Waals surface area (Å²) in [5, 5.41) is 9.48. The van der Waals surface area contributed by atoms with Gasteiger partial charge in [-0.05, 0) is 34.9 Å². The van der Waals surface area contributed by atoms with Crippen LogP contribution in [0.5, 0.6) is 0 Å². The molecule has 0 unspecified atom stereocenters. The van der Waals surface area contributed by atoms with Gasteiger partial charge < -0.3 is 9.67 Å². The van der Waals surface area contributed by atoms with Gasteiger partial charge in [0.2, 0.25) is 5.43 Å². The summed E-state index contributed by atoms with van der Waals surface area (Å²) >= 11 is 0.880. The van der Waals surface area contributed by atoms with E-state index in [1.54, 1.807) is 4.57 Å². The Labute approximate surface area is 214 Å². The van der Waals surface area contributed by atoms with Crippen LogP contribution >= 0.6 is 11.3 Å². The van der Waals surface area contributed by atoms with Gasteiger partial charge >= 0.3 is 5.97 Å². The molecule has 8 nitrogen and oxygen atoms in total. The summed E-state index contributed by atoms with van der Waals surface area (Å²) in [7, 11) is -4.21. The molecule has 0 atom stereocenters. The highest BCUT2D eigenvalue weighted by Gasteiger charge is 2.22. The van der Waals surface area contributed by atoms with Gasteiger partial charge in [-0.25, -0.2) is 22.6 Å². The molecule has 0 bridgehead atoms. The number of fused-ring (bicyclic) bond motifs is 1. The van der Waals surface area contributed by atoms with E-state index >= 15 is 0 Å². The minimum Gasteiger partial charge on any atom is -0.477 e. The Morgan fingerprint density at radius 1 is 1.03 bits per heavy atom. The number of pyridine rings is 1. The molecule has 0 aliphatic carbocycles. The standard InChI is InChI=1S/C26H18FN3O5S2/c27-18-10-6-11-19(13-18)37(34,35)29-26-28-22-23(31)21(25(32)33)15-30(24(22)36-26)14-17-9-4-5-12-20(17)16-7-2-1-3-8-16/h1-13,15H,14H2,(H,28,29)(H,32,33). The van der Waals surface area contributed by atoms with Crippen LogP contribution in [0.25, 0.3) is 21.5 Å². The van der Waals surface area contributed by atoms with E-state index in [9.17, 15) is 27.5 Å². The molecular formula is C26H18FN3O5S2. The third kappa shape index (κ3) is 4.86. The number of thiazole rings is 1. The highest BCUT2D eigenvalue weighted by Crippen LogP contribution is 2.29. The third-order valence-electron chi connectivity index (χ3n) is 5.62. The lowest BCUT2D eigenvalue weighted by Crippen LogP contribution is -2.19. The highest BCUT2D eigenvalue weighted by molar-refractivity contribution is 7.93. The van der Waals surface area contributed by atoms with Crippen molar-refractivity contribution >= 4 is 42.8 Å². The van der Waals surface area contributed by atoms with Crippen molar-refractivity contribution in [3.05, 3.63) is 112 Å². The van der Waals surface area contributed by atoms with Crippen LogP contribution in [-0.2, 0) is 16.6 Å². The van der Waals surface area contributed by atoms with Gasteiger partial charge in [0.1, 0.15) is 21.7 Å². The van der Waals surface area contributed by atoms with Crippen molar-refractivity contribution in [1.82, 2.24) is 9.55 Å². The van der Waals surface area contributed by atoms with Crippen LogP contribution in [0.4, 0.5) is 9.52 Å². The molecule has 0 aliphatic rings. The first kappa shape index (κ1) is 24.3. The van der Waals surface area contributed by atoms with Gasteiger partial charge in [-0.15, -0.1) is 0 Å². The van der Waals surface area contributed by atoms with Crippen LogP contribution in [0.3, 0.4) is 0 Å². The SMILES string of the molecule is O=C(O)c1cn(Cc2ccccc2-c2ccccc2)c2sc(NS(=O)(=O)c3cccc(F)c3)nc2c1=O. The first-order chi connectivity index (χ1) is 17.7. The molecule has 11 heteroatoms. The minimum absolute atomic E-state index is 0.149. The predicted molar refractivity (Wildman–Crippen MR) is 139 cm³/mol. The lowest BCUT2D eigenvalue weighted by molar-refractivity contribution is 0.0694. The van der Waals surface area contributed by atoms with E-state index < -0.39 is 32.8 Å². The van der Waals surface area contributed by atoms with Crippen LogP contribution in [0.2, 0.25) is 0 Å². The Hall–Kier alpha value is -4.35. The highest BCUT2D eigenvalue weighted by atomic mass is 32.2. The fourth-order valence-electron chi connectivity index (χ4n) is 3.92. The summed E-state index contributed by atoms with van der Waals surface area (Å²) in [6.45, 7) is 0.195. The summed E-state index contributed by atoms with van der Waals surface area (Å²) in [6, 6.07) is 21.7. The first-order valence-electron chi connectivity index (χ1n) is 10.9. The molecule has 2 N–H and O–H groups in total. The number of anilines is 1. The van der Waals surface area contributed by atoms with Gasteiger partial charge in [-0.1, -0.05) is 72.0 Å². The number of nitrogens with zero attached hydrogens (tertiary/aromatic N) is 2. The molecule has 5 rings (SSSR count). The van der Waals surface area contributed by atoms with Gasteiger partial charge in [0, 0.05) is 12.7 Å². The van der Waals surface area contributed by atoms with Crippen molar-refractivity contribution in [2.75, 3.05) is 4.72 Å². The number of hydrogen-bond donors (Lipinski definition) is 2. The van der Waals surface area contributed by atoms with Crippen molar-refractivity contribution in [1.29, 1.82) is 0 Å². The second-order valence-corrected chi connectivity index (χ2v) is 10.7. The maximum Gasteiger partial charge on any atom is 0.341 e.